The fraction of sp³-hybridized carbons (Fsp3) is 0.364. The number of rotatable bonds is 14. The fourth-order valence-corrected chi connectivity index (χ4v) is 4.83. The molecular weight excluding hydrogens is 473 g/mol. The Morgan fingerprint density at radius 3 is 2.80 bits per heavy atom. The van der Waals surface area contributed by atoms with E-state index in [1.807, 2.05) is 6.07 Å². The molecule has 0 aliphatic carbocycles. The lowest BCUT2D eigenvalue weighted by molar-refractivity contribution is -0.144. The second-order valence-corrected chi connectivity index (χ2v) is 9.47. The molecule has 0 spiro atoms. The maximum atomic E-state index is 13.5. The minimum atomic E-state index is -3.62. The zero-order valence-electron chi connectivity index (χ0n) is 19.7. The first kappa shape index (κ1) is 26.1. The van der Waals surface area contributed by atoms with Crippen molar-refractivity contribution in [3.8, 4) is 5.75 Å². The Morgan fingerprint density at radius 2 is 2.09 bits per heavy atom. The molecule has 35 heavy (non-hydrogen) atoms. The molecule has 0 bridgehead atoms. The zero-order chi connectivity index (χ0) is 25.3. The number of nitrogen functional groups attached to an aromatic ring is 1. The van der Waals surface area contributed by atoms with Crippen molar-refractivity contribution in [1.29, 1.82) is 0 Å². The van der Waals surface area contributed by atoms with Crippen LogP contribution in [0.2, 0.25) is 0 Å². The first-order valence-electron chi connectivity index (χ1n) is 11.0. The first-order chi connectivity index (χ1) is 16.8. The highest BCUT2D eigenvalue weighted by atomic mass is 31.2. The van der Waals surface area contributed by atoms with E-state index in [0.717, 1.165) is 0 Å². The molecule has 0 fully saturated rings. The van der Waals surface area contributed by atoms with Gasteiger partial charge in [-0.15, -0.1) is 6.58 Å². The Bertz CT molecular complexity index is 1190. The number of carbonyl (C=O) groups excluding carboxylic acids is 1. The van der Waals surface area contributed by atoms with Gasteiger partial charge >= 0.3 is 13.5 Å². The third-order valence-corrected chi connectivity index (χ3v) is 6.47. The van der Waals surface area contributed by atoms with Gasteiger partial charge in [-0.1, -0.05) is 24.3 Å². The summed E-state index contributed by atoms with van der Waals surface area (Å²) in [4.78, 5) is 24.9. The lowest BCUT2D eigenvalue weighted by atomic mass is 10.3. The molecule has 0 aliphatic rings. The van der Waals surface area contributed by atoms with E-state index in [1.54, 1.807) is 55.1 Å². The van der Waals surface area contributed by atoms with Gasteiger partial charge in [0.25, 0.3) is 0 Å². The number of benzene rings is 1. The molecule has 13 heteroatoms. The first-order valence-corrected chi connectivity index (χ1v) is 12.8. The summed E-state index contributed by atoms with van der Waals surface area (Å²) in [5, 5.41) is 5.83. The van der Waals surface area contributed by atoms with E-state index in [4.69, 9.17) is 19.7 Å². The van der Waals surface area contributed by atoms with Crippen molar-refractivity contribution in [3.63, 3.8) is 0 Å². The molecule has 0 radical (unpaired) electrons. The summed E-state index contributed by atoms with van der Waals surface area (Å²) in [5.74, 6) is 0.456. The quantitative estimate of drug-likeness (QED) is 0.129. The van der Waals surface area contributed by atoms with Crippen LogP contribution in [-0.2, 0) is 25.4 Å². The summed E-state index contributed by atoms with van der Waals surface area (Å²) in [7, 11) is -3.62. The Hall–Kier alpha value is -3.47. The fourth-order valence-electron chi connectivity index (χ4n) is 3.12. The number of ether oxygens (including phenoxy) is 2. The number of hydrogen-bond donors (Lipinski definition) is 3. The molecule has 188 valence electrons. The minimum Gasteiger partial charge on any atom is -0.465 e. The molecule has 2 heterocycles. The van der Waals surface area contributed by atoms with Gasteiger partial charge < -0.3 is 29.6 Å². The summed E-state index contributed by atoms with van der Waals surface area (Å²) in [6.45, 7) is 8.16. The number of imidazole rings is 1. The van der Waals surface area contributed by atoms with Gasteiger partial charge in [0.1, 0.15) is 18.1 Å². The lowest BCUT2D eigenvalue weighted by Crippen LogP contribution is -2.35. The molecule has 3 rings (SSSR count). The van der Waals surface area contributed by atoms with Gasteiger partial charge in [0, 0.05) is 13.1 Å². The van der Waals surface area contributed by atoms with Crippen LogP contribution in [0.25, 0.3) is 11.2 Å². The number of nitrogens with zero attached hydrogens (tertiary/aromatic N) is 4. The number of fused-ring (bicyclic) bond motifs is 1. The smallest absolute Gasteiger partial charge is 0.342 e. The molecule has 0 aliphatic heterocycles. The summed E-state index contributed by atoms with van der Waals surface area (Å²) in [6.07, 6.45) is 3.02. The van der Waals surface area contributed by atoms with Crippen LogP contribution in [-0.4, -0.2) is 57.6 Å². The number of esters is 1. The van der Waals surface area contributed by atoms with Gasteiger partial charge in [-0.05, 0) is 26.0 Å². The number of anilines is 2. The van der Waals surface area contributed by atoms with Crippen molar-refractivity contribution in [2.45, 2.75) is 26.4 Å². The van der Waals surface area contributed by atoms with Gasteiger partial charge in [-0.25, -0.2) is 10.1 Å². The SMILES string of the molecule is C=CCNc1nc(N)nc2c1ncn2CCOCP(=O)(NC(C)C(=O)OCC)Oc1ccccc1. The van der Waals surface area contributed by atoms with Gasteiger partial charge in [0.15, 0.2) is 17.0 Å². The van der Waals surface area contributed by atoms with Crippen molar-refractivity contribution in [3.05, 3.63) is 49.3 Å². The number of aromatic nitrogens is 4. The highest BCUT2D eigenvalue weighted by molar-refractivity contribution is 7.57. The maximum Gasteiger partial charge on any atom is 0.342 e. The average molecular weight is 504 g/mol. The van der Waals surface area contributed by atoms with Crippen LogP contribution in [0.1, 0.15) is 13.8 Å². The van der Waals surface area contributed by atoms with Crippen molar-refractivity contribution < 1.29 is 23.4 Å². The minimum absolute atomic E-state index is 0.102. The van der Waals surface area contributed by atoms with Crippen molar-refractivity contribution in [2.75, 3.05) is 37.2 Å². The molecule has 3 aromatic rings. The number of nitrogens with one attached hydrogen (secondary N) is 2. The van der Waals surface area contributed by atoms with Gasteiger partial charge in [0.05, 0.1) is 19.5 Å². The summed E-state index contributed by atoms with van der Waals surface area (Å²) in [5.41, 5.74) is 6.93. The zero-order valence-corrected chi connectivity index (χ0v) is 20.6. The molecule has 0 saturated carbocycles. The topological polar surface area (TPSA) is 156 Å². The van der Waals surface area contributed by atoms with Crippen LogP contribution in [0.15, 0.2) is 49.3 Å². The van der Waals surface area contributed by atoms with Crippen LogP contribution in [0.4, 0.5) is 11.8 Å². The molecule has 0 saturated heterocycles. The van der Waals surface area contributed by atoms with E-state index in [1.165, 1.54) is 0 Å². The van der Waals surface area contributed by atoms with E-state index < -0.39 is 19.5 Å². The number of para-hydroxylation sites is 1. The lowest BCUT2D eigenvalue weighted by Gasteiger charge is -2.23. The highest BCUT2D eigenvalue weighted by Gasteiger charge is 2.30. The molecular formula is C22H30N7O5P. The summed E-state index contributed by atoms with van der Waals surface area (Å²) >= 11 is 0. The van der Waals surface area contributed by atoms with Gasteiger partial charge in [0.2, 0.25) is 5.95 Å². The van der Waals surface area contributed by atoms with E-state index >= 15 is 0 Å². The molecule has 12 nitrogen and oxygen atoms in total. The van der Waals surface area contributed by atoms with Crippen LogP contribution in [0.3, 0.4) is 0 Å². The van der Waals surface area contributed by atoms with Crippen molar-refractivity contribution in [2.24, 2.45) is 0 Å². The van der Waals surface area contributed by atoms with Crippen molar-refractivity contribution >= 4 is 36.4 Å². The molecule has 4 N–H and O–H groups in total. The highest BCUT2D eigenvalue weighted by Crippen LogP contribution is 2.43. The maximum absolute atomic E-state index is 13.5. The Balaban J connectivity index is 1.67. The van der Waals surface area contributed by atoms with Crippen LogP contribution < -0.4 is 20.7 Å². The normalized spacial score (nSPS) is 13.7. The number of hydrogen-bond acceptors (Lipinski definition) is 10. The predicted molar refractivity (Wildman–Crippen MR) is 133 cm³/mol. The molecule has 1 aromatic carbocycles. The van der Waals surface area contributed by atoms with Crippen LogP contribution in [0.5, 0.6) is 5.75 Å². The molecule has 2 aromatic heterocycles. The van der Waals surface area contributed by atoms with Crippen molar-refractivity contribution in [1.82, 2.24) is 24.6 Å². The van der Waals surface area contributed by atoms with E-state index in [2.05, 4.69) is 31.9 Å². The Labute approximate surface area is 203 Å². The van der Waals surface area contributed by atoms with E-state index in [9.17, 15) is 9.36 Å². The summed E-state index contributed by atoms with van der Waals surface area (Å²) < 4.78 is 31.7. The van der Waals surface area contributed by atoms with E-state index in [-0.39, 0.29) is 25.5 Å². The number of carbonyl (C=O) groups is 1. The van der Waals surface area contributed by atoms with E-state index in [0.29, 0.717) is 35.8 Å². The van der Waals surface area contributed by atoms with Crippen LogP contribution in [0, 0.1) is 0 Å². The van der Waals surface area contributed by atoms with Crippen LogP contribution >= 0.6 is 7.52 Å². The molecule has 0 amide bonds. The average Bonchev–Trinajstić information content (AvgIpc) is 3.23. The molecule has 2 atom stereocenters. The van der Waals surface area contributed by atoms with Gasteiger partial charge in [-0.2, -0.15) is 9.97 Å². The monoisotopic (exact) mass is 503 g/mol. The Kier molecular flexibility index (Phi) is 9.18. The third-order valence-electron chi connectivity index (χ3n) is 4.66. The Morgan fingerprint density at radius 1 is 1.31 bits per heavy atom. The summed E-state index contributed by atoms with van der Waals surface area (Å²) in [6, 6.07) is 7.81. The second kappa shape index (κ2) is 12.3. The third kappa shape index (κ3) is 7.25. The predicted octanol–water partition coefficient (Wildman–Crippen LogP) is 2.79. The largest absolute Gasteiger partial charge is 0.465 e. The standard InChI is InChI=1S/C22H30N7O5P/c1-4-11-24-19-18-20(27-22(23)26-19)29(14-25-18)12-13-32-15-35(31,28-16(3)21(30)33-5-2)34-17-9-7-6-8-10-17/h4,6-10,14,16H,1,5,11-13,15H2,2-3H3,(H,28,31)(H3,23,24,26,27). The molecule has 2 unspecified atom stereocenters. The second-order valence-electron chi connectivity index (χ2n) is 7.43. The van der Waals surface area contributed by atoms with Gasteiger partial charge in [-0.3, -0.25) is 9.36 Å². The number of nitrogens with two attached hydrogens (primary N) is 1.